The predicted molar refractivity (Wildman–Crippen MR) is 57.0 cm³/mol. The van der Waals surface area contributed by atoms with Crippen molar-refractivity contribution in [1.29, 1.82) is 0 Å². The van der Waals surface area contributed by atoms with Crippen LogP contribution in [0.4, 0.5) is 0 Å². The van der Waals surface area contributed by atoms with E-state index in [4.69, 9.17) is 10.2 Å². The van der Waals surface area contributed by atoms with Gasteiger partial charge in [0, 0.05) is 0 Å². The lowest BCUT2D eigenvalue weighted by atomic mass is 9.79. The van der Waals surface area contributed by atoms with E-state index in [2.05, 4.69) is 0 Å². The molecule has 0 fully saturated rings. The molecule has 1 aliphatic rings. The molecule has 4 nitrogen and oxygen atoms in total. The molecule has 2 rings (SSSR count). The highest BCUT2D eigenvalue weighted by Gasteiger charge is 2.36. The van der Waals surface area contributed by atoms with Crippen molar-refractivity contribution in [2.75, 3.05) is 0 Å². The van der Waals surface area contributed by atoms with E-state index < -0.39 is 23.8 Å². The number of hydrogen-bond donors (Lipinski definition) is 2. The molecule has 0 radical (unpaired) electrons. The molecular weight excluding hydrogens is 208 g/mol. The van der Waals surface area contributed by atoms with Gasteiger partial charge in [-0.1, -0.05) is 36.4 Å². The predicted octanol–water partition coefficient (Wildman–Crippen LogP) is 1.58. The summed E-state index contributed by atoms with van der Waals surface area (Å²) in [5.41, 5.74) is 1.33. The van der Waals surface area contributed by atoms with Crippen molar-refractivity contribution < 1.29 is 19.8 Å². The Morgan fingerprint density at radius 3 is 2.38 bits per heavy atom. The lowest BCUT2D eigenvalue weighted by Gasteiger charge is -2.23. The Kier molecular flexibility index (Phi) is 2.48. The Morgan fingerprint density at radius 2 is 1.75 bits per heavy atom. The summed E-state index contributed by atoms with van der Waals surface area (Å²) in [7, 11) is 0. The van der Waals surface area contributed by atoms with Crippen LogP contribution in [0.25, 0.3) is 6.08 Å². The highest BCUT2D eigenvalue weighted by atomic mass is 16.4. The van der Waals surface area contributed by atoms with Crippen LogP contribution in [0.3, 0.4) is 0 Å². The number of hydrogen-bond acceptors (Lipinski definition) is 2. The van der Waals surface area contributed by atoms with Gasteiger partial charge in [-0.3, -0.25) is 9.59 Å². The van der Waals surface area contributed by atoms with Crippen LogP contribution < -0.4 is 0 Å². The molecule has 0 aromatic heterocycles. The van der Waals surface area contributed by atoms with E-state index in [9.17, 15) is 9.59 Å². The van der Waals surface area contributed by atoms with Gasteiger partial charge in [0.25, 0.3) is 0 Å². The molecule has 1 aromatic carbocycles. The van der Waals surface area contributed by atoms with Crippen molar-refractivity contribution in [3.8, 4) is 0 Å². The molecule has 0 amide bonds. The third kappa shape index (κ3) is 1.58. The number of carboxylic acids is 2. The van der Waals surface area contributed by atoms with Crippen LogP contribution in [0, 0.1) is 5.92 Å². The zero-order valence-electron chi connectivity index (χ0n) is 8.33. The summed E-state index contributed by atoms with van der Waals surface area (Å²) < 4.78 is 0. The largest absolute Gasteiger partial charge is 0.481 e. The monoisotopic (exact) mass is 218 g/mol. The normalized spacial score (nSPS) is 22.5. The SMILES string of the molecule is O=C(O)[C@H]1C=Cc2ccccc2[C@@H]1C(=O)O. The summed E-state index contributed by atoms with van der Waals surface area (Å²) in [6.07, 6.45) is 3.09. The van der Waals surface area contributed by atoms with Crippen molar-refractivity contribution in [1.82, 2.24) is 0 Å². The van der Waals surface area contributed by atoms with Crippen molar-refractivity contribution in [3.05, 3.63) is 41.5 Å². The maximum absolute atomic E-state index is 11.1. The third-order valence-corrected chi connectivity index (χ3v) is 2.72. The van der Waals surface area contributed by atoms with Gasteiger partial charge in [0.1, 0.15) is 0 Å². The second-order valence-corrected chi connectivity index (χ2v) is 3.67. The molecular formula is C12H10O4. The Morgan fingerprint density at radius 1 is 1.06 bits per heavy atom. The summed E-state index contributed by atoms with van der Waals surface area (Å²) in [5.74, 6) is -4.21. The van der Waals surface area contributed by atoms with Crippen LogP contribution in [-0.2, 0) is 9.59 Å². The molecule has 1 aromatic rings. The van der Waals surface area contributed by atoms with Gasteiger partial charge in [-0.2, -0.15) is 0 Å². The van der Waals surface area contributed by atoms with E-state index in [0.717, 1.165) is 5.56 Å². The first-order chi connectivity index (χ1) is 7.61. The molecule has 0 spiro atoms. The van der Waals surface area contributed by atoms with Gasteiger partial charge in [0.2, 0.25) is 0 Å². The van der Waals surface area contributed by atoms with Gasteiger partial charge in [-0.05, 0) is 11.1 Å². The maximum Gasteiger partial charge on any atom is 0.312 e. The highest BCUT2D eigenvalue weighted by Crippen LogP contribution is 2.34. The van der Waals surface area contributed by atoms with Crippen LogP contribution in [-0.4, -0.2) is 22.2 Å². The Hall–Kier alpha value is -2.10. The molecule has 82 valence electrons. The second kappa shape index (κ2) is 3.81. The average Bonchev–Trinajstić information content (AvgIpc) is 2.27. The van der Waals surface area contributed by atoms with E-state index in [1.54, 1.807) is 30.3 Å². The number of rotatable bonds is 2. The molecule has 0 aliphatic heterocycles. The summed E-state index contributed by atoms with van der Waals surface area (Å²) >= 11 is 0. The molecule has 0 bridgehead atoms. The van der Waals surface area contributed by atoms with E-state index in [1.165, 1.54) is 6.08 Å². The first-order valence-electron chi connectivity index (χ1n) is 4.84. The number of aliphatic carboxylic acids is 2. The fourth-order valence-electron chi connectivity index (χ4n) is 1.97. The van der Waals surface area contributed by atoms with Crippen molar-refractivity contribution >= 4 is 18.0 Å². The topological polar surface area (TPSA) is 74.6 Å². The second-order valence-electron chi connectivity index (χ2n) is 3.67. The lowest BCUT2D eigenvalue weighted by molar-refractivity contribution is -0.148. The van der Waals surface area contributed by atoms with Crippen molar-refractivity contribution in [2.24, 2.45) is 5.92 Å². The highest BCUT2D eigenvalue weighted by molar-refractivity contribution is 5.89. The summed E-state index contributed by atoms with van der Waals surface area (Å²) in [5, 5.41) is 18.1. The number of carboxylic acid groups (broad SMARTS) is 2. The fourth-order valence-corrected chi connectivity index (χ4v) is 1.97. The molecule has 0 saturated carbocycles. The zero-order chi connectivity index (χ0) is 11.7. The molecule has 1 aliphatic carbocycles. The molecule has 4 heteroatoms. The Bertz CT molecular complexity index is 476. The fraction of sp³-hybridized carbons (Fsp3) is 0.167. The maximum atomic E-state index is 11.1. The number of benzene rings is 1. The smallest absolute Gasteiger partial charge is 0.312 e. The average molecular weight is 218 g/mol. The van der Waals surface area contributed by atoms with Crippen molar-refractivity contribution in [3.63, 3.8) is 0 Å². The number of carbonyl (C=O) groups is 2. The standard InChI is InChI=1S/C12H10O4/c13-11(14)9-6-5-7-3-1-2-4-8(7)10(9)12(15)16/h1-6,9-10H,(H,13,14)(H,15,16)/t9-,10-/m0/s1. The minimum Gasteiger partial charge on any atom is -0.481 e. The van der Waals surface area contributed by atoms with E-state index in [0.29, 0.717) is 5.56 Å². The van der Waals surface area contributed by atoms with Crippen molar-refractivity contribution in [2.45, 2.75) is 5.92 Å². The van der Waals surface area contributed by atoms with Gasteiger partial charge in [-0.25, -0.2) is 0 Å². The number of fused-ring (bicyclic) bond motifs is 1. The first-order valence-corrected chi connectivity index (χ1v) is 4.84. The third-order valence-electron chi connectivity index (χ3n) is 2.72. The molecule has 0 saturated heterocycles. The van der Waals surface area contributed by atoms with Crippen LogP contribution >= 0.6 is 0 Å². The molecule has 0 unspecified atom stereocenters. The summed E-state index contributed by atoms with van der Waals surface area (Å²) in [4.78, 5) is 22.1. The van der Waals surface area contributed by atoms with Crippen LogP contribution in [0.15, 0.2) is 30.3 Å². The molecule has 16 heavy (non-hydrogen) atoms. The quantitative estimate of drug-likeness (QED) is 0.790. The minimum absolute atomic E-state index is 0.560. The minimum atomic E-state index is -1.11. The van der Waals surface area contributed by atoms with Crippen LogP contribution in [0.2, 0.25) is 0 Å². The van der Waals surface area contributed by atoms with Gasteiger partial charge < -0.3 is 10.2 Å². The Labute approximate surface area is 91.8 Å². The van der Waals surface area contributed by atoms with Crippen LogP contribution in [0.5, 0.6) is 0 Å². The summed E-state index contributed by atoms with van der Waals surface area (Å²) in [6.45, 7) is 0. The van der Waals surface area contributed by atoms with E-state index in [-0.39, 0.29) is 0 Å². The zero-order valence-corrected chi connectivity index (χ0v) is 8.33. The lowest BCUT2D eigenvalue weighted by Crippen LogP contribution is -2.28. The van der Waals surface area contributed by atoms with E-state index in [1.807, 2.05) is 0 Å². The summed E-state index contributed by atoms with van der Waals surface area (Å²) in [6, 6.07) is 6.95. The van der Waals surface area contributed by atoms with Crippen LogP contribution in [0.1, 0.15) is 17.0 Å². The van der Waals surface area contributed by atoms with Gasteiger partial charge in [0.15, 0.2) is 0 Å². The molecule has 2 N–H and O–H groups in total. The van der Waals surface area contributed by atoms with Gasteiger partial charge >= 0.3 is 11.9 Å². The molecule has 2 atom stereocenters. The van der Waals surface area contributed by atoms with Gasteiger partial charge in [-0.15, -0.1) is 0 Å². The van der Waals surface area contributed by atoms with E-state index >= 15 is 0 Å². The molecule has 0 heterocycles. The first kappa shape index (κ1) is 10.4. The Balaban J connectivity index is 2.54. The van der Waals surface area contributed by atoms with Gasteiger partial charge in [0.05, 0.1) is 11.8 Å².